The normalized spacial score (nSPS) is 16.9. The predicted molar refractivity (Wildman–Crippen MR) is 229 cm³/mol. The Kier molecular flexibility index (Phi) is 18.2. The van der Waals surface area contributed by atoms with Crippen molar-refractivity contribution in [3.8, 4) is 11.5 Å². The molecule has 13 nitrogen and oxygen atoms in total. The van der Waals surface area contributed by atoms with Crippen LogP contribution in [0.4, 0.5) is 0 Å². The second-order valence-electron chi connectivity index (χ2n) is 14.8. The molecule has 328 valence electrons. The van der Waals surface area contributed by atoms with Crippen molar-refractivity contribution in [2.45, 2.75) is 65.1 Å². The first-order valence-electron chi connectivity index (χ1n) is 20.6. The third kappa shape index (κ3) is 12.9. The highest BCUT2D eigenvalue weighted by Gasteiger charge is 2.38. The van der Waals surface area contributed by atoms with E-state index in [0.29, 0.717) is 91.3 Å². The summed E-state index contributed by atoms with van der Waals surface area (Å²) in [6.45, 7) is 6.09. The maximum atomic E-state index is 13.8. The number of allylic oxidation sites excluding steroid dienone is 2. The minimum atomic E-state index is -0.509. The van der Waals surface area contributed by atoms with Crippen molar-refractivity contribution in [3.63, 3.8) is 0 Å². The summed E-state index contributed by atoms with van der Waals surface area (Å²) in [5, 5.41) is 0.552. The highest BCUT2D eigenvalue weighted by molar-refractivity contribution is 6.30. The number of hydrogen-bond donors (Lipinski definition) is 0. The molecular formula is C47H57ClN2O11. The summed E-state index contributed by atoms with van der Waals surface area (Å²) in [6.07, 6.45) is 2.20. The second-order valence-corrected chi connectivity index (χ2v) is 15.3. The van der Waals surface area contributed by atoms with Gasteiger partial charge in [0.25, 0.3) is 0 Å². The molecule has 61 heavy (non-hydrogen) atoms. The van der Waals surface area contributed by atoms with Gasteiger partial charge in [0.2, 0.25) is 11.8 Å². The number of rotatable bonds is 23. The number of ether oxygens (including phenoxy) is 7. The summed E-state index contributed by atoms with van der Waals surface area (Å²) in [7, 11) is 4.75. The highest BCUT2D eigenvalue weighted by Crippen LogP contribution is 2.38. The Morgan fingerprint density at radius 3 is 2.03 bits per heavy atom. The number of amides is 2. The standard InChI is InChI=1S/C47H57ClN2O11/c1-32-44(46(53)61-31-37-11-6-7-12-41(37)57-5)36(28-42(51)49(32)21-24-55-3)10-8-9-23-58-25-22-50-33(2)45(40(29-43(50)52)35-15-17-38(48)18-16-35)47(54)60-30-34-13-19-39(20-14-34)59-27-26-56-4/h6-7,11-20,36,40H,8-10,21-31H2,1-5H3. The lowest BCUT2D eigenvalue weighted by atomic mass is 9.83. The van der Waals surface area contributed by atoms with Gasteiger partial charge in [0, 0.05) is 80.6 Å². The van der Waals surface area contributed by atoms with Gasteiger partial charge in [0.05, 0.1) is 38.1 Å². The van der Waals surface area contributed by atoms with Crippen LogP contribution in [0, 0.1) is 5.92 Å². The van der Waals surface area contributed by atoms with Gasteiger partial charge in [-0.2, -0.15) is 0 Å². The molecule has 2 aliphatic rings. The molecule has 2 amide bonds. The monoisotopic (exact) mass is 860 g/mol. The van der Waals surface area contributed by atoms with E-state index in [1.54, 1.807) is 57.1 Å². The Morgan fingerprint density at radius 2 is 1.33 bits per heavy atom. The fourth-order valence-electron chi connectivity index (χ4n) is 7.67. The van der Waals surface area contributed by atoms with Crippen LogP contribution in [0.25, 0.3) is 0 Å². The molecular weight excluding hydrogens is 804 g/mol. The van der Waals surface area contributed by atoms with Crippen LogP contribution in [0.2, 0.25) is 5.02 Å². The first-order chi connectivity index (χ1) is 29.6. The molecule has 0 fully saturated rings. The molecule has 2 unspecified atom stereocenters. The van der Waals surface area contributed by atoms with E-state index in [9.17, 15) is 19.2 Å². The Balaban J connectivity index is 1.18. The molecule has 0 aliphatic carbocycles. The zero-order chi connectivity index (χ0) is 43.7. The van der Waals surface area contributed by atoms with E-state index in [2.05, 4.69) is 0 Å². The second kappa shape index (κ2) is 23.7. The number of methoxy groups -OCH3 is 3. The van der Waals surface area contributed by atoms with Crippen LogP contribution in [0.5, 0.6) is 11.5 Å². The number of halogens is 1. The molecule has 3 aromatic rings. The van der Waals surface area contributed by atoms with Crippen LogP contribution in [-0.2, 0) is 56.1 Å². The number of nitrogens with zero attached hydrogens (tertiary/aromatic N) is 2. The van der Waals surface area contributed by atoms with Gasteiger partial charge in [-0.05, 0) is 68.1 Å². The van der Waals surface area contributed by atoms with E-state index in [1.807, 2.05) is 60.7 Å². The van der Waals surface area contributed by atoms with Gasteiger partial charge in [0.1, 0.15) is 31.3 Å². The highest BCUT2D eigenvalue weighted by atomic mass is 35.5. The molecule has 14 heteroatoms. The lowest BCUT2D eigenvalue weighted by molar-refractivity contribution is -0.143. The molecule has 0 spiro atoms. The third-order valence-electron chi connectivity index (χ3n) is 10.9. The Bertz CT molecular complexity index is 2020. The predicted octanol–water partition coefficient (Wildman–Crippen LogP) is 7.41. The Labute approximate surface area is 363 Å². The first kappa shape index (κ1) is 46.8. The molecule has 0 N–H and O–H groups in total. The largest absolute Gasteiger partial charge is 0.496 e. The summed E-state index contributed by atoms with van der Waals surface area (Å²) in [6, 6.07) is 21.8. The third-order valence-corrected chi connectivity index (χ3v) is 11.2. The Hall–Kier alpha value is -5.21. The summed E-state index contributed by atoms with van der Waals surface area (Å²) in [5.41, 5.74) is 4.31. The van der Waals surface area contributed by atoms with Gasteiger partial charge in [0.15, 0.2) is 0 Å². The van der Waals surface area contributed by atoms with E-state index in [1.165, 1.54) is 0 Å². The van der Waals surface area contributed by atoms with Crippen LogP contribution in [0.1, 0.15) is 68.6 Å². The van der Waals surface area contributed by atoms with Crippen molar-refractivity contribution in [2.75, 3.05) is 67.5 Å². The molecule has 0 saturated heterocycles. The van der Waals surface area contributed by atoms with E-state index >= 15 is 0 Å². The quantitative estimate of drug-likeness (QED) is 0.0696. The number of para-hydroxylation sites is 1. The van der Waals surface area contributed by atoms with Crippen molar-refractivity contribution in [3.05, 3.63) is 117 Å². The van der Waals surface area contributed by atoms with Crippen molar-refractivity contribution in [2.24, 2.45) is 5.92 Å². The molecule has 0 radical (unpaired) electrons. The number of esters is 2. The maximum Gasteiger partial charge on any atom is 0.336 e. The van der Waals surface area contributed by atoms with E-state index in [-0.39, 0.29) is 56.9 Å². The molecule has 2 aliphatic heterocycles. The van der Waals surface area contributed by atoms with Gasteiger partial charge in [-0.3, -0.25) is 9.59 Å². The molecule has 2 heterocycles. The minimum absolute atomic E-state index is 0.0335. The smallest absolute Gasteiger partial charge is 0.336 e. The molecule has 0 saturated carbocycles. The molecule has 2 atom stereocenters. The zero-order valence-electron chi connectivity index (χ0n) is 35.7. The summed E-state index contributed by atoms with van der Waals surface area (Å²) in [5.74, 6) is -0.684. The van der Waals surface area contributed by atoms with Crippen molar-refractivity contribution < 1.29 is 52.3 Å². The van der Waals surface area contributed by atoms with Gasteiger partial charge < -0.3 is 43.0 Å². The van der Waals surface area contributed by atoms with Crippen molar-refractivity contribution >= 4 is 35.4 Å². The van der Waals surface area contributed by atoms with Crippen LogP contribution >= 0.6 is 11.6 Å². The SMILES string of the molecule is COCCOc1ccc(COC(=O)C2=C(C)N(CCOCCCCC3CC(=O)N(CCOC)C(C)=C3C(=O)OCc3ccccc3OC)C(=O)CC2c2ccc(Cl)cc2)cc1. The molecule has 3 aromatic carbocycles. The summed E-state index contributed by atoms with van der Waals surface area (Å²) < 4.78 is 39.0. The lowest BCUT2D eigenvalue weighted by Crippen LogP contribution is -2.40. The zero-order valence-corrected chi connectivity index (χ0v) is 36.5. The van der Waals surface area contributed by atoms with E-state index in [4.69, 9.17) is 44.8 Å². The molecule has 0 bridgehead atoms. The van der Waals surface area contributed by atoms with Crippen LogP contribution in [-0.4, -0.2) is 101 Å². The number of carbonyl (C=O) groups excluding carboxylic acids is 4. The van der Waals surface area contributed by atoms with Crippen LogP contribution in [0.3, 0.4) is 0 Å². The number of hydrogen-bond acceptors (Lipinski definition) is 11. The van der Waals surface area contributed by atoms with E-state index in [0.717, 1.165) is 16.7 Å². The van der Waals surface area contributed by atoms with Gasteiger partial charge in [-0.25, -0.2) is 9.59 Å². The van der Waals surface area contributed by atoms with Gasteiger partial charge in [-0.1, -0.05) is 60.5 Å². The first-order valence-corrected chi connectivity index (χ1v) is 20.9. The number of benzene rings is 3. The fourth-order valence-corrected chi connectivity index (χ4v) is 7.79. The Morgan fingerprint density at radius 1 is 0.689 bits per heavy atom. The van der Waals surface area contributed by atoms with Crippen molar-refractivity contribution in [1.82, 2.24) is 9.80 Å². The fraction of sp³-hybridized carbons (Fsp3) is 0.447. The van der Waals surface area contributed by atoms with Crippen LogP contribution < -0.4 is 9.47 Å². The van der Waals surface area contributed by atoms with Crippen molar-refractivity contribution in [1.29, 1.82) is 0 Å². The average Bonchev–Trinajstić information content (AvgIpc) is 3.26. The summed E-state index contributed by atoms with van der Waals surface area (Å²) in [4.78, 5) is 57.5. The average molecular weight is 861 g/mol. The summed E-state index contributed by atoms with van der Waals surface area (Å²) >= 11 is 6.18. The van der Waals surface area contributed by atoms with Gasteiger partial charge >= 0.3 is 11.9 Å². The maximum absolute atomic E-state index is 13.8. The van der Waals surface area contributed by atoms with Crippen LogP contribution in [0.15, 0.2) is 95.3 Å². The molecule has 0 aromatic heterocycles. The number of carbonyl (C=O) groups is 4. The lowest BCUT2D eigenvalue weighted by Gasteiger charge is -2.34. The minimum Gasteiger partial charge on any atom is -0.496 e. The van der Waals surface area contributed by atoms with Gasteiger partial charge in [-0.15, -0.1) is 0 Å². The molecule has 5 rings (SSSR count). The topological polar surface area (TPSA) is 139 Å². The number of unbranched alkanes of at least 4 members (excludes halogenated alkanes) is 1. The van der Waals surface area contributed by atoms with E-state index < -0.39 is 17.9 Å².